The van der Waals surface area contributed by atoms with Crippen LogP contribution in [0.15, 0.2) is 48.5 Å². The summed E-state index contributed by atoms with van der Waals surface area (Å²) >= 11 is 0. The van der Waals surface area contributed by atoms with Crippen LogP contribution in [0.3, 0.4) is 0 Å². The quantitative estimate of drug-likeness (QED) is 0.787. The van der Waals surface area contributed by atoms with E-state index in [1.54, 1.807) is 0 Å². The van der Waals surface area contributed by atoms with Crippen molar-refractivity contribution in [1.82, 2.24) is 0 Å². The second-order valence-electron chi connectivity index (χ2n) is 7.82. The molecule has 1 fully saturated rings. The molecule has 0 atom stereocenters. The number of nitrogens with one attached hydrogen (secondary N) is 1. The molecule has 5 heteroatoms. The number of amides is 2. The number of carboxylic acids is 1. The predicted molar refractivity (Wildman–Crippen MR) is 110 cm³/mol. The molecule has 2 N–H and O–H groups in total. The van der Waals surface area contributed by atoms with Gasteiger partial charge in [-0.3, -0.25) is 9.69 Å². The van der Waals surface area contributed by atoms with Gasteiger partial charge in [0.1, 0.15) is 0 Å². The predicted octanol–water partition coefficient (Wildman–Crippen LogP) is 5.03. The van der Waals surface area contributed by atoms with E-state index < -0.39 is 5.97 Å². The van der Waals surface area contributed by atoms with Crippen molar-refractivity contribution >= 4 is 23.4 Å². The highest BCUT2D eigenvalue weighted by Gasteiger charge is 2.27. The van der Waals surface area contributed by atoms with E-state index in [0.717, 1.165) is 56.4 Å². The molecule has 1 heterocycles. The van der Waals surface area contributed by atoms with Crippen molar-refractivity contribution in [2.75, 3.05) is 16.8 Å². The summed E-state index contributed by atoms with van der Waals surface area (Å²) < 4.78 is 0. The topological polar surface area (TPSA) is 69.6 Å². The molecule has 0 aromatic heterocycles. The van der Waals surface area contributed by atoms with Gasteiger partial charge in [-0.1, -0.05) is 30.3 Å². The van der Waals surface area contributed by atoms with E-state index in [-0.39, 0.29) is 11.9 Å². The van der Waals surface area contributed by atoms with Gasteiger partial charge in [-0.15, -0.1) is 0 Å². The molecule has 2 aromatic carbocycles. The number of aryl methyl sites for hydroxylation is 1. The van der Waals surface area contributed by atoms with Gasteiger partial charge in [0.25, 0.3) is 0 Å². The maximum atomic E-state index is 12.8. The molecule has 0 bridgehead atoms. The number of para-hydroxylation sites is 1. The van der Waals surface area contributed by atoms with E-state index in [9.17, 15) is 9.59 Å². The van der Waals surface area contributed by atoms with Crippen molar-refractivity contribution in [1.29, 1.82) is 0 Å². The maximum absolute atomic E-state index is 12.8. The Hall–Kier alpha value is -2.82. The van der Waals surface area contributed by atoms with E-state index >= 15 is 0 Å². The summed E-state index contributed by atoms with van der Waals surface area (Å²) in [5, 5.41) is 12.2. The molecule has 0 saturated heterocycles. The van der Waals surface area contributed by atoms with Gasteiger partial charge in [0, 0.05) is 17.9 Å². The number of hydrogen-bond donors (Lipinski definition) is 2. The summed E-state index contributed by atoms with van der Waals surface area (Å²) in [5.41, 5.74) is 4.23. The molecule has 2 aliphatic rings. The number of anilines is 2. The smallest absolute Gasteiger partial charge is 0.326 e. The number of carboxylic acid groups (broad SMARTS) is 1. The Morgan fingerprint density at radius 3 is 2.39 bits per heavy atom. The van der Waals surface area contributed by atoms with Crippen LogP contribution in [0.1, 0.15) is 49.1 Å². The molecule has 28 heavy (non-hydrogen) atoms. The fourth-order valence-electron chi connectivity index (χ4n) is 4.45. The second kappa shape index (κ2) is 8.05. The normalized spacial score (nSPS) is 21.6. The highest BCUT2D eigenvalue weighted by Crippen LogP contribution is 2.36. The third-order valence-electron chi connectivity index (χ3n) is 6.07. The number of carbonyl (C=O) groups is 2. The third kappa shape index (κ3) is 3.88. The van der Waals surface area contributed by atoms with E-state index in [2.05, 4.69) is 23.5 Å². The zero-order valence-electron chi connectivity index (χ0n) is 15.9. The number of hydrogen-bond acceptors (Lipinski definition) is 2. The van der Waals surface area contributed by atoms with Crippen LogP contribution in [0.4, 0.5) is 16.2 Å². The molecule has 5 nitrogen and oxygen atoms in total. The summed E-state index contributed by atoms with van der Waals surface area (Å²) in [5.74, 6) is -0.452. The molecule has 4 rings (SSSR count). The standard InChI is InChI=1S/C23H26N2O3/c26-22(27)19-9-7-16(8-10-19)17-11-13-20(14-12-17)24-23(28)25-15-3-5-18-4-1-2-6-21(18)25/h1-2,4,6,11-14,16,19H,3,5,7-10,15H2,(H,24,28)(H,26,27)/t16-,19-. The average molecular weight is 378 g/mol. The fourth-order valence-corrected chi connectivity index (χ4v) is 4.45. The van der Waals surface area contributed by atoms with Gasteiger partial charge >= 0.3 is 12.0 Å². The minimum Gasteiger partial charge on any atom is -0.481 e. The van der Waals surface area contributed by atoms with Crippen LogP contribution in [0.2, 0.25) is 0 Å². The van der Waals surface area contributed by atoms with Gasteiger partial charge in [0.15, 0.2) is 0 Å². The molecule has 0 radical (unpaired) electrons. The van der Waals surface area contributed by atoms with Gasteiger partial charge in [-0.05, 0) is 73.8 Å². The first kappa shape index (κ1) is 18.5. The van der Waals surface area contributed by atoms with Gasteiger partial charge in [-0.25, -0.2) is 4.79 Å². The second-order valence-corrected chi connectivity index (χ2v) is 7.82. The van der Waals surface area contributed by atoms with Crippen molar-refractivity contribution in [3.05, 3.63) is 59.7 Å². The Morgan fingerprint density at radius 2 is 1.68 bits per heavy atom. The highest BCUT2D eigenvalue weighted by atomic mass is 16.4. The van der Waals surface area contributed by atoms with Crippen molar-refractivity contribution in [2.24, 2.45) is 5.92 Å². The molecular weight excluding hydrogens is 352 g/mol. The summed E-state index contributed by atoms with van der Waals surface area (Å²) in [7, 11) is 0. The zero-order valence-corrected chi connectivity index (χ0v) is 15.9. The third-order valence-corrected chi connectivity index (χ3v) is 6.07. The van der Waals surface area contributed by atoms with Gasteiger partial charge in [0.2, 0.25) is 0 Å². The summed E-state index contributed by atoms with van der Waals surface area (Å²) in [6, 6.07) is 16.0. The number of nitrogens with zero attached hydrogens (tertiary/aromatic N) is 1. The monoisotopic (exact) mass is 378 g/mol. The maximum Gasteiger partial charge on any atom is 0.326 e. The number of fused-ring (bicyclic) bond motifs is 1. The summed E-state index contributed by atoms with van der Waals surface area (Å²) in [6.07, 6.45) is 5.29. The van der Waals surface area contributed by atoms with Crippen LogP contribution >= 0.6 is 0 Å². The van der Waals surface area contributed by atoms with Crippen molar-refractivity contribution in [3.8, 4) is 0 Å². The number of rotatable bonds is 3. The Balaban J connectivity index is 1.39. The van der Waals surface area contributed by atoms with Crippen LogP contribution in [0.5, 0.6) is 0 Å². The molecule has 0 spiro atoms. The van der Waals surface area contributed by atoms with E-state index in [1.807, 2.05) is 35.2 Å². The first-order valence-electron chi connectivity index (χ1n) is 10.1. The van der Waals surface area contributed by atoms with Gasteiger partial charge < -0.3 is 10.4 Å². The molecule has 2 amide bonds. The van der Waals surface area contributed by atoms with Crippen LogP contribution in [-0.4, -0.2) is 23.7 Å². The molecule has 2 aromatic rings. The number of carbonyl (C=O) groups excluding carboxylic acids is 1. The SMILES string of the molecule is O=C(Nc1ccc([C@H]2CC[C@H](C(=O)O)CC2)cc1)N1CCCc2ccccc21. The first-order valence-corrected chi connectivity index (χ1v) is 10.1. The molecule has 1 aliphatic heterocycles. The molecular formula is C23H26N2O3. The van der Waals surface area contributed by atoms with Crippen LogP contribution in [0.25, 0.3) is 0 Å². The van der Waals surface area contributed by atoms with E-state index in [1.165, 1.54) is 11.1 Å². The molecule has 1 aliphatic carbocycles. The lowest BCUT2D eigenvalue weighted by atomic mass is 9.79. The number of benzene rings is 2. The molecule has 146 valence electrons. The number of urea groups is 1. The Labute approximate surface area is 165 Å². The number of aliphatic carboxylic acids is 1. The Bertz CT molecular complexity index is 854. The van der Waals surface area contributed by atoms with Crippen molar-refractivity contribution in [2.45, 2.75) is 44.4 Å². The highest BCUT2D eigenvalue weighted by molar-refractivity contribution is 6.02. The molecule has 0 unspecified atom stereocenters. The molecule has 1 saturated carbocycles. The van der Waals surface area contributed by atoms with E-state index in [4.69, 9.17) is 5.11 Å². The van der Waals surface area contributed by atoms with Crippen LogP contribution in [0, 0.1) is 5.92 Å². The lowest BCUT2D eigenvalue weighted by Crippen LogP contribution is -2.38. The average Bonchev–Trinajstić information content (AvgIpc) is 2.74. The fraction of sp³-hybridized carbons (Fsp3) is 0.391. The van der Waals surface area contributed by atoms with Gasteiger partial charge in [0.05, 0.1) is 5.92 Å². The van der Waals surface area contributed by atoms with Crippen molar-refractivity contribution < 1.29 is 14.7 Å². The summed E-state index contributed by atoms with van der Waals surface area (Å²) in [4.78, 5) is 25.7. The van der Waals surface area contributed by atoms with Gasteiger partial charge in [-0.2, -0.15) is 0 Å². The van der Waals surface area contributed by atoms with Crippen LogP contribution < -0.4 is 10.2 Å². The zero-order chi connectivity index (χ0) is 19.5. The lowest BCUT2D eigenvalue weighted by molar-refractivity contribution is -0.142. The van der Waals surface area contributed by atoms with E-state index in [0.29, 0.717) is 5.92 Å². The first-order chi connectivity index (χ1) is 13.6. The minimum atomic E-state index is -0.671. The Kier molecular flexibility index (Phi) is 5.33. The summed E-state index contributed by atoms with van der Waals surface area (Å²) in [6.45, 7) is 0.730. The lowest BCUT2D eigenvalue weighted by Gasteiger charge is -2.29. The van der Waals surface area contributed by atoms with Crippen LogP contribution in [-0.2, 0) is 11.2 Å². The largest absolute Gasteiger partial charge is 0.481 e. The Morgan fingerprint density at radius 1 is 0.964 bits per heavy atom. The van der Waals surface area contributed by atoms with Crippen molar-refractivity contribution in [3.63, 3.8) is 0 Å². The minimum absolute atomic E-state index is 0.0955.